The molecule has 0 atom stereocenters. The summed E-state index contributed by atoms with van der Waals surface area (Å²) in [5, 5.41) is 5.53. The van der Waals surface area contributed by atoms with Crippen LogP contribution in [0.3, 0.4) is 0 Å². The van der Waals surface area contributed by atoms with Crippen LogP contribution in [-0.2, 0) is 11.3 Å². The first-order valence-corrected chi connectivity index (χ1v) is 9.31. The molecular weight excluding hydrogens is 368 g/mol. The highest BCUT2D eigenvalue weighted by molar-refractivity contribution is 6.02. The SMILES string of the molecule is Cc1ccc(C(=O)CCC(=O)NCc2ccc(NC(=O)c3ccco3)cc2)cc1. The van der Waals surface area contributed by atoms with E-state index < -0.39 is 0 Å². The van der Waals surface area contributed by atoms with Gasteiger partial charge in [0.15, 0.2) is 11.5 Å². The van der Waals surface area contributed by atoms with Crippen molar-refractivity contribution in [1.29, 1.82) is 0 Å². The van der Waals surface area contributed by atoms with Gasteiger partial charge in [-0.3, -0.25) is 14.4 Å². The molecule has 148 valence electrons. The number of hydrogen-bond donors (Lipinski definition) is 2. The quantitative estimate of drug-likeness (QED) is 0.566. The Balaban J connectivity index is 1.42. The third-order valence-electron chi connectivity index (χ3n) is 4.40. The van der Waals surface area contributed by atoms with E-state index in [0.29, 0.717) is 17.8 Å². The van der Waals surface area contributed by atoms with E-state index in [1.807, 2.05) is 31.2 Å². The van der Waals surface area contributed by atoms with Crippen molar-refractivity contribution in [3.8, 4) is 0 Å². The maximum atomic E-state index is 12.1. The zero-order chi connectivity index (χ0) is 20.6. The van der Waals surface area contributed by atoms with Gasteiger partial charge in [-0.25, -0.2) is 0 Å². The molecule has 29 heavy (non-hydrogen) atoms. The maximum absolute atomic E-state index is 12.1. The van der Waals surface area contributed by atoms with E-state index in [1.165, 1.54) is 6.26 Å². The van der Waals surface area contributed by atoms with Crippen LogP contribution in [0.4, 0.5) is 5.69 Å². The fourth-order valence-corrected chi connectivity index (χ4v) is 2.71. The first-order valence-electron chi connectivity index (χ1n) is 9.31. The van der Waals surface area contributed by atoms with Crippen molar-refractivity contribution in [3.05, 3.63) is 89.4 Å². The molecule has 0 aliphatic heterocycles. The van der Waals surface area contributed by atoms with E-state index in [0.717, 1.165) is 11.1 Å². The van der Waals surface area contributed by atoms with Gasteiger partial charge in [0.25, 0.3) is 5.91 Å². The van der Waals surface area contributed by atoms with Crippen molar-refractivity contribution in [1.82, 2.24) is 5.32 Å². The fraction of sp³-hybridized carbons (Fsp3) is 0.174. The molecule has 3 rings (SSSR count). The second kappa shape index (κ2) is 9.50. The molecular formula is C23H22N2O4. The number of carbonyl (C=O) groups is 3. The van der Waals surface area contributed by atoms with Crippen molar-refractivity contribution in [2.75, 3.05) is 5.32 Å². The minimum Gasteiger partial charge on any atom is -0.459 e. The Morgan fingerprint density at radius 3 is 2.28 bits per heavy atom. The molecule has 1 heterocycles. The van der Waals surface area contributed by atoms with Gasteiger partial charge < -0.3 is 15.1 Å². The van der Waals surface area contributed by atoms with Crippen LogP contribution < -0.4 is 10.6 Å². The van der Waals surface area contributed by atoms with Gasteiger partial charge in [0.1, 0.15) is 0 Å². The average Bonchev–Trinajstić information content (AvgIpc) is 3.27. The zero-order valence-electron chi connectivity index (χ0n) is 16.1. The molecule has 6 nitrogen and oxygen atoms in total. The number of amides is 2. The van der Waals surface area contributed by atoms with Gasteiger partial charge in [0, 0.05) is 30.6 Å². The summed E-state index contributed by atoms with van der Waals surface area (Å²) in [5.74, 6) is -0.312. The maximum Gasteiger partial charge on any atom is 0.291 e. The van der Waals surface area contributed by atoms with Crippen molar-refractivity contribution in [2.24, 2.45) is 0 Å². The van der Waals surface area contributed by atoms with E-state index in [4.69, 9.17) is 4.42 Å². The second-order valence-corrected chi connectivity index (χ2v) is 6.69. The Morgan fingerprint density at radius 2 is 1.62 bits per heavy atom. The van der Waals surface area contributed by atoms with Gasteiger partial charge in [-0.1, -0.05) is 42.0 Å². The highest BCUT2D eigenvalue weighted by Gasteiger charge is 2.10. The molecule has 0 aliphatic rings. The van der Waals surface area contributed by atoms with Gasteiger partial charge in [-0.2, -0.15) is 0 Å². The molecule has 0 radical (unpaired) electrons. The Morgan fingerprint density at radius 1 is 0.897 bits per heavy atom. The highest BCUT2D eigenvalue weighted by atomic mass is 16.3. The number of Topliss-reactive ketones (excluding diaryl/α,β-unsaturated/α-hetero) is 1. The smallest absolute Gasteiger partial charge is 0.291 e. The summed E-state index contributed by atoms with van der Waals surface area (Å²) in [5.41, 5.74) is 3.23. The third-order valence-corrected chi connectivity index (χ3v) is 4.40. The number of aryl methyl sites for hydroxylation is 1. The lowest BCUT2D eigenvalue weighted by Gasteiger charge is -2.07. The van der Waals surface area contributed by atoms with Crippen molar-refractivity contribution >= 4 is 23.3 Å². The lowest BCUT2D eigenvalue weighted by atomic mass is 10.0. The molecule has 0 fully saturated rings. The van der Waals surface area contributed by atoms with Crippen LogP contribution >= 0.6 is 0 Å². The second-order valence-electron chi connectivity index (χ2n) is 6.69. The summed E-state index contributed by atoms with van der Waals surface area (Å²) in [6, 6.07) is 17.7. The average molecular weight is 390 g/mol. The standard InChI is InChI=1S/C23H22N2O4/c1-16-4-8-18(9-5-16)20(26)12-13-22(27)24-15-17-6-10-19(11-7-17)25-23(28)21-3-2-14-29-21/h2-11,14H,12-13,15H2,1H3,(H,24,27)(H,25,28). The molecule has 0 unspecified atom stereocenters. The summed E-state index contributed by atoms with van der Waals surface area (Å²) >= 11 is 0. The van der Waals surface area contributed by atoms with Gasteiger partial charge in [-0.15, -0.1) is 0 Å². The Bertz CT molecular complexity index is 975. The first kappa shape index (κ1) is 20.1. The molecule has 2 N–H and O–H groups in total. The van der Waals surface area contributed by atoms with Gasteiger partial charge in [0.05, 0.1) is 6.26 Å². The van der Waals surface area contributed by atoms with Gasteiger partial charge in [-0.05, 0) is 36.8 Å². The third kappa shape index (κ3) is 5.90. The van der Waals surface area contributed by atoms with Crippen LogP contribution in [0.15, 0.2) is 71.3 Å². The minimum atomic E-state index is -0.325. The van der Waals surface area contributed by atoms with Crippen molar-refractivity contribution in [2.45, 2.75) is 26.3 Å². The highest BCUT2D eigenvalue weighted by Crippen LogP contribution is 2.12. The molecule has 6 heteroatoms. The molecule has 0 spiro atoms. The van der Waals surface area contributed by atoms with Gasteiger partial charge >= 0.3 is 0 Å². The molecule has 2 aromatic carbocycles. The van der Waals surface area contributed by atoms with E-state index in [1.54, 1.807) is 36.4 Å². The van der Waals surface area contributed by atoms with E-state index >= 15 is 0 Å². The number of carbonyl (C=O) groups excluding carboxylic acids is 3. The van der Waals surface area contributed by atoms with Gasteiger partial charge in [0.2, 0.25) is 5.91 Å². The lowest BCUT2D eigenvalue weighted by molar-refractivity contribution is -0.121. The molecule has 2 amide bonds. The summed E-state index contributed by atoms with van der Waals surface area (Å²) in [6.45, 7) is 2.31. The number of benzene rings is 2. The topological polar surface area (TPSA) is 88.4 Å². The van der Waals surface area contributed by atoms with Crippen LogP contribution in [0.2, 0.25) is 0 Å². The minimum absolute atomic E-state index is 0.0446. The lowest BCUT2D eigenvalue weighted by Crippen LogP contribution is -2.23. The normalized spacial score (nSPS) is 10.4. The summed E-state index contributed by atoms with van der Waals surface area (Å²) in [7, 11) is 0. The summed E-state index contributed by atoms with van der Waals surface area (Å²) < 4.78 is 5.05. The monoisotopic (exact) mass is 390 g/mol. The number of anilines is 1. The van der Waals surface area contributed by atoms with Crippen LogP contribution in [0, 0.1) is 6.92 Å². The van der Waals surface area contributed by atoms with E-state index in [9.17, 15) is 14.4 Å². The molecule has 0 aliphatic carbocycles. The van der Waals surface area contributed by atoms with Crippen LogP contribution in [-0.4, -0.2) is 17.6 Å². The zero-order valence-corrected chi connectivity index (χ0v) is 16.1. The number of furan rings is 1. The number of hydrogen-bond acceptors (Lipinski definition) is 4. The predicted molar refractivity (Wildman–Crippen MR) is 110 cm³/mol. The van der Waals surface area contributed by atoms with Crippen molar-refractivity contribution in [3.63, 3.8) is 0 Å². The van der Waals surface area contributed by atoms with Crippen LogP contribution in [0.5, 0.6) is 0 Å². The van der Waals surface area contributed by atoms with Crippen molar-refractivity contribution < 1.29 is 18.8 Å². The Labute approximate surface area is 168 Å². The molecule has 3 aromatic rings. The van der Waals surface area contributed by atoms with E-state index in [2.05, 4.69) is 10.6 Å². The first-order chi connectivity index (χ1) is 14.0. The van der Waals surface area contributed by atoms with Crippen LogP contribution in [0.1, 0.15) is 44.9 Å². The summed E-state index contributed by atoms with van der Waals surface area (Å²) in [4.78, 5) is 36.1. The molecule has 0 bridgehead atoms. The number of rotatable bonds is 8. The predicted octanol–water partition coefficient (Wildman–Crippen LogP) is 4.12. The number of ketones is 1. The molecule has 0 saturated heterocycles. The van der Waals surface area contributed by atoms with Crippen LogP contribution in [0.25, 0.3) is 0 Å². The Kier molecular flexibility index (Phi) is 6.58. The molecule has 0 saturated carbocycles. The summed E-state index contributed by atoms with van der Waals surface area (Å²) in [6.07, 6.45) is 1.76. The largest absolute Gasteiger partial charge is 0.459 e. The van der Waals surface area contributed by atoms with E-state index in [-0.39, 0.29) is 36.2 Å². The molecule has 1 aromatic heterocycles. The number of nitrogens with one attached hydrogen (secondary N) is 2. The fourth-order valence-electron chi connectivity index (χ4n) is 2.71. The Hall–Kier alpha value is -3.67.